The maximum Gasteiger partial charge on any atom is 0.310 e. The molecular weight excluding hydrogens is 473 g/mol. The topological polar surface area (TPSA) is 102 Å². The Kier molecular flexibility index (Phi) is 7.70. The van der Waals surface area contributed by atoms with Gasteiger partial charge in [-0.3, -0.25) is 9.52 Å². The number of aliphatic hydroxyl groups excluding tert-OH is 1. The molecule has 0 aromatic heterocycles. The molecule has 0 fully saturated rings. The van der Waals surface area contributed by atoms with Crippen LogP contribution >= 0.6 is 11.6 Å². The number of carbonyl (C=O) groups is 1. The molecule has 0 radical (unpaired) electrons. The molecule has 0 saturated heterocycles. The van der Waals surface area contributed by atoms with Gasteiger partial charge in [-0.15, -0.1) is 0 Å². The van der Waals surface area contributed by atoms with E-state index in [1.165, 1.54) is 32.2 Å². The van der Waals surface area contributed by atoms with Crippen LogP contribution in [0.2, 0.25) is 5.02 Å². The molecule has 0 spiro atoms. The summed E-state index contributed by atoms with van der Waals surface area (Å²) in [5.74, 6) is -1.99. The summed E-state index contributed by atoms with van der Waals surface area (Å²) in [7, 11) is -3.32. The Bertz CT molecular complexity index is 1270. The van der Waals surface area contributed by atoms with Crippen LogP contribution in [0, 0.1) is 5.82 Å². The Hall–Kier alpha value is -2.98. The Labute approximate surface area is 195 Å². The first-order valence-corrected chi connectivity index (χ1v) is 11.6. The number of carbonyl (C=O) groups excluding carboxylic acids is 1. The largest absolute Gasteiger partial charge is 0.423 e. The molecule has 0 aliphatic heterocycles. The molecular formula is C23H21ClFNO6S. The number of aliphatic hydroxyl groups is 1. The predicted molar refractivity (Wildman–Crippen MR) is 122 cm³/mol. The number of esters is 1. The molecule has 0 bridgehead atoms. The van der Waals surface area contributed by atoms with E-state index in [0.29, 0.717) is 5.56 Å². The lowest BCUT2D eigenvalue weighted by molar-refractivity contribution is -0.134. The number of sulfonamides is 1. The van der Waals surface area contributed by atoms with E-state index in [2.05, 4.69) is 4.72 Å². The van der Waals surface area contributed by atoms with Crippen molar-refractivity contribution in [2.75, 3.05) is 11.8 Å². The second-order valence-corrected chi connectivity index (χ2v) is 8.97. The zero-order chi connectivity index (χ0) is 24.2. The minimum absolute atomic E-state index is 0.00215. The van der Waals surface area contributed by atoms with Gasteiger partial charge < -0.3 is 14.6 Å². The van der Waals surface area contributed by atoms with Gasteiger partial charge in [0, 0.05) is 19.1 Å². The summed E-state index contributed by atoms with van der Waals surface area (Å²) in [6, 6.07) is 15.3. The van der Waals surface area contributed by atoms with Gasteiger partial charge in [-0.25, -0.2) is 12.8 Å². The number of halogens is 2. The highest BCUT2D eigenvalue weighted by atomic mass is 35.5. The Balaban J connectivity index is 2.10. The number of rotatable bonds is 8. The number of nitrogens with one attached hydrogen (secondary N) is 1. The van der Waals surface area contributed by atoms with E-state index in [1.54, 1.807) is 24.3 Å². The molecule has 33 heavy (non-hydrogen) atoms. The standard InChI is InChI=1S/C23H21ClFNO6S/c1-3-21(27)32-22-17(24)11-16(23(28)31-2)13-20(22)33(29,30)26-19-12-15(9-10-18(19)25)14-7-5-4-6-8-14/h4-13,23,26,28H,3H2,1-2H3. The smallest absolute Gasteiger partial charge is 0.310 e. The number of hydrogen-bond donors (Lipinski definition) is 2. The van der Waals surface area contributed by atoms with Gasteiger partial charge in [-0.05, 0) is 35.4 Å². The van der Waals surface area contributed by atoms with Crippen LogP contribution in [0.4, 0.5) is 10.1 Å². The summed E-state index contributed by atoms with van der Waals surface area (Å²) in [4.78, 5) is 11.3. The molecule has 0 heterocycles. The van der Waals surface area contributed by atoms with Gasteiger partial charge in [0.2, 0.25) is 0 Å². The summed E-state index contributed by atoms with van der Waals surface area (Å²) >= 11 is 6.17. The van der Waals surface area contributed by atoms with E-state index in [-0.39, 0.29) is 22.7 Å². The van der Waals surface area contributed by atoms with Gasteiger partial charge in [-0.2, -0.15) is 0 Å². The van der Waals surface area contributed by atoms with Crippen molar-refractivity contribution >= 4 is 33.3 Å². The molecule has 3 aromatic rings. The maximum atomic E-state index is 14.5. The third kappa shape index (κ3) is 5.69. The Morgan fingerprint density at radius 3 is 2.45 bits per heavy atom. The number of anilines is 1. The van der Waals surface area contributed by atoms with E-state index in [0.717, 1.165) is 17.7 Å². The first-order valence-electron chi connectivity index (χ1n) is 9.79. The minimum atomic E-state index is -4.52. The molecule has 3 aromatic carbocycles. The predicted octanol–water partition coefficient (Wildman–Crippen LogP) is 4.90. The molecule has 1 atom stereocenters. The quantitative estimate of drug-likeness (QED) is 0.263. The number of methoxy groups -OCH3 is 1. The zero-order valence-electron chi connectivity index (χ0n) is 17.7. The maximum absolute atomic E-state index is 14.5. The van der Waals surface area contributed by atoms with E-state index >= 15 is 0 Å². The second kappa shape index (κ2) is 10.3. The van der Waals surface area contributed by atoms with Crippen molar-refractivity contribution in [3.63, 3.8) is 0 Å². The van der Waals surface area contributed by atoms with E-state index in [4.69, 9.17) is 21.1 Å². The highest BCUT2D eigenvalue weighted by Gasteiger charge is 2.27. The molecule has 0 aliphatic carbocycles. The summed E-state index contributed by atoms with van der Waals surface area (Å²) in [6.07, 6.45) is -1.54. The normalized spacial score (nSPS) is 12.3. The van der Waals surface area contributed by atoms with Crippen LogP contribution in [0.3, 0.4) is 0 Å². The molecule has 2 N–H and O–H groups in total. The molecule has 174 valence electrons. The van der Waals surface area contributed by atoms with Crippen molar-refractivity contribution < 1.29 is 32.2 Å². The molecule has 10 heteroatoms. The number of ether oxygens (including phenoxy) is 2. The van der Waals surface area contributed by atoms with E-state index in [9.17, 15) is 22.7 Å². The fourth-order valence-corrected chi connectivity index (χ4v) is 4.53. The Morgan fingerprint density at radius 2 is 1.82 bits per heavy atom. The van der Waals surface area contributed by atoms with Gasteiger partial charge in [0.15, 0.2) is 12.0 Å². The molecule has 7 nitrogen and oxygen atoms in total. The van der Waals surface area contributed by atoms with Crippen LogP contribution in [0.25, 0.3) is 11.1 Å². The average Bonchev–Trinajstić information content (AvgIpc) is 2.81. The van der Waals surface area contributed by atoms with E-state index < -0.39 is 38.7 Å². The monoisotopic (exact) mass is 493 g/mol. The summed E-state index contributed by atoms with van der Waals surface area (Å²) < 4.78 is 53.2. The molecule has 0 amide bonds. The van der Waals surface area contributed by atoms with Crippen molar-refractivity contribution in [1.29, 1.82) is 0 Å². The van der Waals surface area contributed by atoms with Gasteiger partial charge in [0.05, 0.1) is 10.7 Å². The molecule has 0 saturated carbocycles. The SMILES string of the molecule is CCC(=O)Oc1c(Cl)cc(C(O)OC)cc1S(=O)(=O)Nc1cc(-c2ccccc2)ccc1F. The number of hydrogen-bond acceptors (Lipinski definition) is 6. The van der Waals surface area contributed by atoms with Crippen LogP contribution in [-0.2, 0) is 19.6 Å². The van der Waals surface area contributed by atoms with E-state index in [1.807, 2.05) is 6.07 Å². The van der Waals surface area contributed by atoms with Crippen LogP contribution < -0.4 is 9.46 Å². The fraction of sp³-hybridized carbons (Fsp3) is 0.174. The first-order chi connectivity index (χ1) is 15.7. The summed E-state index contributed by atoms with van der Waals surface area (Å²) in [5.41, 5.74) is 1.01. The van der Waals surface area contributed by atoms with Crippen LogP contribution in [0.5, 0.6) is 5.75 Å². The molecule has 1 unspecified atom stereocenters. The third-order valence-corrected chi connectivity index (χ3v) is 6.30. The zero-order valence-corrected chi connectivity index (χ0v) is 19.3. The van der Waals surface area contributed by atoms with Gasteiger partial charge >= 0.3 is 5.97 Å². The second-order valence-electron chi connectivity index (χ2n) is 6.91. The van der Waals surface area contributed by atoms with Crippen LogP contribution in [0.15, 0.2) is 65.6 Å². The highest BCUT2D eigenvalue weighted by Crippen LogP contribution is 2.37. The molecule has 3 rings (SSSR count). The van der Waals surface area contributed by atoms with Crippen molar-refractivity contribution in [3.05, 3.63) is 77.1 Å². The van der Waals surface area contributed by atoms with Crippen molar-refractivity contribution in [2.45, 2.75) is 24.5 Å². The number of benzene rings is 3. The average molecular weight is 494 g/mol. The minimum Gasteiger partial charge on any atom is -0.423 e. The van der Waals surface area contributed by atoms with Crippen molar-refractivity contribution in [2.24, 2.45) is 0 Å². The Morgan fingerprint density at radius 1 is 1.12 bits per heavy atom. The van der Waals surface area contributed by atoms with Gasteiger partial charge in [-0.1, -0.05) is 54.9 Å². The molecule has 0 aliphatic rings. The lowest BCUT2D eigenvalue weighted by atomic mass is 10.1. The summed E-state index contributed by atoms with van der Waals surface area (Å²) in [5, 5.41) is 9.75. The van der Waals surface area contributed by atoms with Crippen molar-refractivity contribution in [3.8, 4) is 16.9 Å². The third-order valence-electron chi connectivity index (χ3n) is 4.65. The fourth-order valence-electron chi connectivity index (χ4n) is 2.96. The van der Waals surface area contributed by atoms with Crippen molar-refractivity contribution in [1.82, 2.24) is 0 Å². The van der Waals surface area contributed by atoms with Gasteiger partial charge in [0.25, 0.3) is 10.0 Å². The van der Waals surface area contributed by atoms with Gasteiger partial charge in [0.1, 0.15) is 10.7 Å². The first kappa shape index (κ1) is 24.7. The lowest BCUT2D eigenvalue weighted by Gasteiger charge is -2.17. The highest BCUT2D eigenvalue weighted by molar-refractivity contribution is 7.92. The summed E-state index contributed by atoms with van der Waals surface area (Å²) in [6.45, 7) is 1.52. The van der Waals surface area contributed by atoms with Crippen LogP contribution in [0.1, 0.15) is 25.2 Å². The van der Waals surface area contributed by atoms with Crippen LogP contribution in [-0.4, -0.2) is 26.6 Å². The lowest BCUT2D eigenvalue weighted by Crippen LogP contribution is -2.18.